The molecule has 2 heterocycles. The zero-order valence-corrected chi connectivity index (χ0v) is 12.6. The second kappa shape index (κ2) is 7.03. The first-order valence-electron chi connectivity index (χ1n) is 7.42. The SMILES string of the molecule is CCCc1c(NCC)ncnc1-n1ccnc1CCC. The predicted octanol–water partition coefficient (Wildman–Crippen LogP) is 3.00. The van der Waals surface area contributed by atoms with E-state index in [1.54, 1.807) is 6.33 Å². The van der Waals surface area contributed by atoms with Gasteiger partial charge >= 0.3 is 0 Å². The van der Waals surface area contributed by atoms with Crippen molar-refractivity contribution in [1.82, 2.24) is 19.5 Å². The van der Waals surface area contributed by atoms with Gasteiger partial charge in [-0.3, -0.25) is 4.57 Å². The molecule has 0 aliphatic rings. The van der Waals surface area contributed by atoms with Gasteiger partial charge in [0.2, 0.25) is 0 Å². The van der Waals surface area contributed by atoms with Crippen LogP contribution in [0.1, 0.15) is 45.0 Å². The van der Waals surface area contributed by atoms with Crippen LogP contribution in [0.25, 0.3) is 5.82 Å². The molecule has 20 heavy (non-hydrogen) atoms. The molecule has 2 aromatic heterocycles. The first-order chi connectivity index (χ1) is 9.81. The van der Waals surface area contributed by atoms with Crippen molar-refractivity contribution in [3.05, 3.63) is 30.1 Å². The van der Waals surface area contributed by atoms with E-state index in [4.69, 9.17) is 0 Å². The van der Waals surface area contributed by atoms with Crippen molar-refractivity contribution in [2.75, 3.05) is 11.9 Å². The van der Waals surface area contributed by atoms with Gasteiger partial charge in [-0.15, -0.1) is 0 Å². The minimum Gasteiger partial charge on any atom is -0.370 e. The van der Waals surface area contributed by atoms with E-state index in [2.05, 4.69) is 45.6 Å². The zero-order chi connectivity index (χ0) is 14.4. The quantitative estimate of drug-likeness (QED) is 0.842. The van der Waals surface area contributed by atoms with Gasteiger partial charge in [0, 0.05) is 30.9 Å². The van der Waals surface area contributed by atoms with Gasteiger partial charge in [0.1, 0.15) is 23.8 Å². The lowest BCUT2D eigenvalue weighted by atomic mass is 10.1. The molecule has 108 valence electrons. The Morgan fingerprint density at radius 3 is 2.55 bits per heavy atom. The van der Waals surface area contributed by atoms with Crippen molar-refractivity contribution in [1.29, 1.82) is 0 Å². The second-order valence-electron chi connectivity index (χ2n) is 4.77. The summed E-state index contributed by atoms with van der Waals surface area (Å²) in [6.45, 7) is 7.28. The Labute approximate surface area is 120 Å². The van der Waals surface area contributed by atoms with Crippen LogP contribution in [-0.2, 0) is 12.8 Å². The summed E-state index contributed by atoms with van der Waals surface area (Å²) in [5, 5.41) is 3.33. The summed E-state index contributed by atoms with van der Waals surface area (Å²) in [5.41, 5.74) is 1.17. The third-order valence-electron chi connectivity index (χ3n) is 3.19. The summed E-state index contributed by atoms with van der Waals surface area (Å²) in [7, 11) is 0. The Morgan fingerprint density at radius 2 is 1.85 bits per heavy atom. The molecule has 0 atom stereocenters. The smallest absolute Gasteiger partial charge is 0.146 e. The van der Waals surface area contributed by atoms with E-state index in [1.165, 1.54) is 5.56 Å². The average Bonchev–Trinajstić information content (AvgIpc) is 2.90. The number of anilines is 1. The lowest BCUT2D eigenvalue weighted by Gasteiger charge is -2.15. The van der Waals surface area contributed by atoms with Crippen LogP contribution < -0.4 is 5.32 Å². The molecule has 0 amide bonds. The molecule has 0 bridgehead atoms. The molecule has 0 saturated carbocycles. The summed E-state index contributed by atoms with van der Waals surface area (Å²) in [5.74, 6) is 2.96. The first kappa shape index (κ1) is 14.5. The van der Waals surface area contributed by atoms with Crippen LogP contribution >= 0.6 is 0 Å². The number of hydrogen-bond donors (Lipinski definition) is 1. The third-order valence-corrected chi connectivity index (χ3v) is 3.19. The van der Waals surface area contributed by atoms with Gasteiger partial charge in [0.25, 0.3) is 0 Å². The maximum absolute atomic E-state index is 4.50. The fraction of sp³-hybridized carbons (Fsp3) is 0.533. The Hall–Kier alpha value is -1.91. The van der Waals surface area contributed by atoms with Gasteiger partial charge in [-0.25, -0.2) is 15.0 Å². The van der Waals surface area contributed by atoms with Crippen LogP contribution in [0.15, 0.2) is 18.7 Å². The third kappa shape index (κ3) is 2.98. The molecule has 0 aliphatic carbocycles. The highest BCUT2D eigenvalue weighted by molar-refractivity contribution is 5.52. The summed E-state index contributed by atoms with van der Waals surface area (Å²) >= 11 is 0. The number of rotatable bonds is 7. The Kier molecular flexibility index (Phi) is 5.09. The monoisotopic (exact) mass is 273 g/mol. The largest absolute Gasteiger partial charge is 0.370 e. The van der Waals surface area contributed by atoms with Gasteiger partial charge < -0.3 is 5.32 Å². The molecule has 0 aromatic carbocycles. The molecule has 5 heteroatoms. The van der Waals surface area contributed by atoms with Gasteiger partial charge in [-0.2, -0.15) is 0 Å². The maximum atomic E-state index is 4.50. The number of aryl methyl sites for hydroxylation is 1. The maximum Gasteiger partial charge on any atom is 0.146 e. The minimum absolute atomic E-state index is 0.860. The van der Waals surface area contributed by atoms with E-state index < -0.39 is 0 Å². The van der Waals surface area contributed by atoms with E-state index >= 15 is 0 Å². The van der Waals surface area contributed by atoms with Crippen molar-refractivity contribution < 1.29 is 0 Å². The number of nitrogens with zero attached hydrogens (tertiary/aromatic N) is 4. The summed E-state index contributed by atoms with van der Waals surface area (Å²) < 4.78 is 2.09. The minimum atomic E-state index is 0.860. The molecule has 0 aliphatic heterocycles. The van der Waals surface area contributed by atoms with Gasteiger partial charge in [0.05, 0.1) is 0 Å². The van der Waals surface area contributed by atoms with E-state index in [0.717, 1.165) is 49.7 Å². The zero-order valence-electron chi connectivity index (χ0n) is 12.6. The van der Waals surface area contributed by atoms with Crippen molar-refractivity contribution in [3.63, 3.8) is 0 Å². The highest BCUT2D eigenvalue weighted by Gasteiger charge is 2.14. The van der Waals surface area contributed by atoms with Crippen LogP contribution in [0.4, 0.5) is 5.82 Å². The fourth-order valence-electron chi connectivity index (χ4n) is 2.35. The summed E-state index contributed by atoms with van der Waals surface area (Å²) in [4.78, 5) is 13.3. The number of hydrogen-bond acceptors (Lipinski definition) is 4. The second-order valence-corrected chi connectivity index (χ2v) is 4.77. The molecule has 5 nitrogen and oxygen atoms in total. The standard InChI is InChI=1S/C15H23N5/c1-4-7-12-14(16-6-3)18-11-19-15(12)20-10-9-17-13(20)8-5-2/h9-11H,4-8H2,1-3H3,(H,16,18,19). The highest BCUT2D eigenvalue weighted by atomic mass is 15.1. The molecule has 0 radical (unpaired) electrons. The molecule has 0 saturated heterocycles. The number of nitrogens with one attached hydrogen (secondary N) is 1. The van der Waals surface area contributed by atoms with Crippen LogP contribution in [-0.4, -0.2) is 26.1 Å². The van der Waals surface area contributed by atoms with Crippen molar-refractivity contribution >= 4 is 5.82 Å². The Morgan fingerprint density at radius 1 is 1.05 bits per heavy atom. The number of imidazole rings is 1. The molecule has 0 fully saturated rings. The molecule has 2 rings (SSSR count). The fourth-order valence-corrected chi connectivity index (χ4v) is 2.35. The molecular weight excluding hydrogens is 250 g/mol. The average molecular weight is 273 g/mol. The highest BCUT2D eigenvalue weighted by Crippen LogP contribution is 2.22. The lowest BCUT2D eigenvalue weighted by Crippen LogP contribution is -2.11. The molecule has 0 unspecified atom stereocenters. The van der Waals surface area contributed by atoms with Gasteiger partial charge in [-0.05, 0) is 19.8 Å². The Balaban J connectivity index is 2.48. The molecular formula is C15H23N5. The first-order valence-corrected chi connectivity index (χ1v) is 7.42. The number of aromatic nitrogens is 4. The van der Waals surface area contributed by atoms with Crippen molar-refractivity contribution in [2.24, 2.45) is 0 Å². The van der Waals surface area contributed by atoms with E-state index in [1.807, 2.05) is 12.4 Å². The van der Waals surface area contributed by atoms with Crippen molar-refractivity contribution in [2.45, 2.75) is 46.5 Å². The summed E-state index contributed by atoms with van der Waals surface area (Å²) in [6.07, 6.45) is 9.52. The van der Waals surface area contributed by atoms with Crippen LogP contribution in [0, 0.1) is 0 Å². The van der Waals surface area contributed by atoms with Crippen molar-refractivity contribution in [3.8, 4) is 5.82 Å². The molecule has 2 aromatic rings. The van der Waals surface area contributed by atoms with E-state index in [9.17, 15) is 0 Å². The van der Waals surface area contributed by atoms with Crippen LogP contribution in [0.5, 0.6) is 0 Å². The topological polar surface area (TPSA) is 55.6 Å². The lowest BCUT2D eigenvalue weighted by molar-refractivity contribution is 0.780. The van der Waals surface area contributed by atoms with Crippen LogP contribution in [0.3, 0.4) is 0 Å². The van der Waals surface area contributed by atoms with Crippen LogP contribution in [0.2, 0.25) is 0 Å². The normalized spacial score (nSPS) is 10.8. The van der Waals surface area contributed by atoms with E-state index in [-0.39, 0.29) is 0 Å². The summed E-state index contributed by atoms with van der Waals surface area (Å²) in [6, 6.07) is 0. The van der Waals surface area contributed by atoms with E-state index in [0.29, 0.717) is 0 Å². The van der Waals surface area contributed by atoms with Gasteiger partial charge in [0.15, 0.2) is 0 Å². The molecule has 1 N–H and O–H groups in total. The predicted molar refractivity (Wildman–Crippen MR) is 81.3 cm³/mol. The Bertz CT molecular complexity index is 547. The van der Waals surface area contributed by atoms with Gasteiger partial charge in [-0.1, -0.05) is 20.3 Å². The molecule has 0 spiro atoms.